The number of aliphatic imine (C=N–C) groups is 2. The number of hydrogen-bond acceptors (Lipinski definition) is 19. The Bertz CT molecular complexity index is 5460. The second-order valence-electron chi connectivity index (χ2n) is 37.9. The second-order valence-corrected chi connectivity index (χ2v) is 37.9. The van der Waals surface area contributed by atoms with Crippen LogP contribution in [0.5, 0.6) is 23.0 Å². The average molecular weight is 1910 g/mol. The molecule has 0 saturated carbocycles. The van der Waals surface area contributed by atoms with Gasteiger partial charge in [-0.1, -0.05) is 167 Å². The number of amides is 4. The van der Waals surface area contributed by atoms with E-state index in [-0.39, 0.29) is 37.5 Å². The number of nitrogens with one attached hydrogen (secondary N) is 10. The zero-order valence-electron chi connectivity index (χ0n) is 81.1. The van der Waals surface area contributed by atoms with Crippen molar-refractivity contribution in [2.24, 2.45) is 33.7 Å². The molecule has 16 rings (SSSR count). The van der Waals surface area contributed by atoms with E-state index in [1.807, 2.05) is 215 Å². The fourth-order valence-corrected chi connectivity index (χ4v) is 19.3. The van der Waals surface area contributed by atoms with Crippen molar-refractivity contribution in [2.75, 3.05) is 84.1 Å². The maximum absolute atomic E-state index is 12.8. The predicted molar refractivity (Wildman–Crippen MR) is 548 cm³/mol. The molecule has 0 spiro atoms. The molecule has 0 bridgehead atoms. The first-order valence-electron chi connectivity index (χ1n) is 50.4. The molecule has 0 aliphatic carbocycles. The van der Waals surface area contributed by atoms with Gasteiger partial charge in [-0.25, -0.2) is 29.2 Å². The van der Waals surface area contributed by atoms with Gasteiger partial charge in [0, 0.05) is 59.7 Å². The van der Waals surface area contributed by atoms with Crippen molar-refractivity contribution in [3.8, 4) is 23.0 Å². The van der Waals surface area contributed by atoms with Crippen molar-refractivity contribution in [3.05, 3.63) is 251 Å². The van der Waals surface area contributed by atoms with Crippen molar-refractivity contribution < 1.29 is 77.7 Å². The molecular formula is C112H140N12O16. The third-order valence-corrected chi connectivity index (χ3v) is 27.8. The van der Waals surface area contributed by atoms with E-state index in [9.17, 15) is 58.8 Å². The molecule has 8 aromatic carbocycles. The summed E-state index contributed by atoms with van der Waals surface area (Å²) in [5, 5.41) is 67.1. The lowest BCUT2D eigenvalue weighted by Crippen LogP contribution is -2.48. The van der Waals surface area contributed by atoms with Crippen LogP contribution in [0.3, 0.4) is 0 Å². The van der Waals surface area contributed by atoms with Gasteiger partial charge in [0.1, 0.15) is 70.3 Å². The monoisotopic (exact) mass is 1910 g/mol. The first-order valence-corrected chi connectivity index (χ1v) is 50.4. The Morgan fingerprint density at radius 2 is 0.686 bits per heavy atom. The molecule has 1 aromatic heterocycles. The molecule has 9 aromatic rings. The van der Waals surface area contributed by atoms with Crippen LogP contribution in [0.15, 0.2) is 211 Å². The maximum Gasteiger partial charge on any atom is 0.326 e. The lowest BCUT2D eigenvalue weighted by atomic mass is 9.93. The Kier molecular flexibility index (Phi) is 40.2. The van der Waals surface area contributed by atoms with Crippen LogP contribution in [-0.2, 0) is 59.2 Å². The van der Waals surface area contributed by atoms with Gasteiger partial charge in [0.2, 0.25) is 5.91 Å². The summed E-state index contributed by atoms with van der Waals surface area (Å²) in [4.78, 5) is 111. The number of carboxylic acids is 4. The molecule has 7 unspecified atom stereocenters. The third-order valence-electron chi connectivity index (χ3n) is 27.8. The number of nitrogens with zero attached hydrogens (tertiary/aromatic N) is 2. The normalized spacial score (nSPS) is 17.6. The summed E-state index contributed by atoms with van der Waals surface area (Å²) >= 11 is 0. The van der Waals surface area contributed by atoms with E-state index in [1.165, 1.54) is 103 Å². The largest absolute Gasteiger partial charge is 0.494 e. The Morgan fingerprint density at radius 3 is 1.01 bits per heavy atom. The lowest BCUT2D eigenvalue weighted by molar-refractivity contribution is -0.142. The van der Waals surface area contributed by atoms with Gasteiger partial charge < -0.3 is 92.2 Å². The van der Waals surface area contributed by atoms with Gasteiger partial charge in [-0.15, -0.1) is 0 Å². The number of carbonyl (C=O) groups excluding carboxylic acids is 4. The first kappa shape index (κ1) is 104. The van der Waals surface area contributed by atoms with Gasteiger partial charge in [-0.2, -0.15) is 0 Å². The topological polar surface area (TPSA) is 403 Å². The van der Waals surface area contributed by atoms with Crippen molar-refractivity contribution in [3.63, 3.8) is 0 Å². The lowest BCUT2D eigenvalue weighted by Gasteiger charge is -2.22. The van der Waals surface area contributed by atoms with Crippen molar-refractivity contribution in [2.45, 2.75) is 217 Å². The number of rotatable bonds is 44. The van der Waals surface area contributed by atoms with Gasteiger partial charge in [0.15, 0.2) is 0 Å². The SMILES string of the molecule is C=C1c2ccccc2NC1C(=O)NC(Cc1ccc(OCCCCC2CCNCC2)cc1)C(=O)O.CC1C(C(=O)NC(Cc2ccc(OCCCCC3CCNCC3)cc2)C(=O)O)=Nc2ccccc21.CC1C(C(=O)NC(Cc2ccc(OCCCCC3CCNCC3)cc2)C(=O)O)=Nc2ccccc21.Cc1c(C(=O)NC(Cc2ccc(OCCCCC3CCNCC3)cc2)C(=O)O)[nH]c2ccccc12. The minimum absolute atomic E-state index is 0.170. The van der Waals surface area contributed by atoms with Crippen molar-refractivity contribution >= 4 is 92.5 Å². The standard InChI is InChI=1S/4C28H35N3O4/c4*1-19-23-7-2-3-8-24(23)30-26(19)27(32)31-25(28(33)34)18-21-9-11-22(12-10-21)35-17-5-4-6-20-13-15-29-16-14-20/h2-3,7-12,20,25,29-30H,4-6,13-18H2,1H3,(H,31,32)(H,33,34);2*2-3,7-12,19-20,25,29H,4-6,13-18H2,1H3,(H,31,32)(H,33,34);2-3,7-12,20,25-26,29-30H,1,4-6,13-18H2,(H,31,32)(H,33,34). The number of carboxylic acid groups (broad SMARTS) is 4. The molecule has 7 atom stereocenters. The molecule has 744 valence electrons. The molecule has 4 saturated heterocycles. The number of aromatic nitrogens is 1. The number of carbonyl (C=O) groups is 8. The number of ether oxygens (including phenoxy) is 4. The van der Waals surface area contributed by atoms with Gasteiger partial charge >= 0.3 is 23.9 Å². The molecule has 8 heterocycles. The number of H-pyrrole nitrogens is 1. The Morgan fingerprint density at radius 1 is 0.379 bits per heavy atom. The number of aliphatic carboxylic acids is 4. The van der Waals surface area contributed by atoms with Crippen LogP contribution in [0.4, 0.5) is 17.1 Å². The minimum Gasteiger partial charge on any atom is -0.494 e. The minimum atomic E-state index is -1.08. The van der Waals surface area contributed by atoms with E-state index in [4.69, 9.17) is 18.9 Å². The van der Waals surface area contributed by atoms with Crippen LogP contribution >= 0.6 is 0 Å². The van der Waals surface area contributed by atoms with E-state index in [2.05, 4.69) is 69.4 Å². The number of unbranched alkanes of at least 4 members (excludes halogenated alkanes) is 4. The number of aryl methyl sites for hydroxylation is 1. The highest BCUT2D eigenvalue weighted by molar-refractivity contribution is 6.43. The maximum atomic E-state index is 12.8. The van der Waals surface area contributed by atoms with Crippen LogP contribution in [0.2, 0.25) is 0 Å². The van der Waals surface area contributed by atoms with Crippen molar-refractivity contribution in [1.29, 1.82) is 0 Å². The highest BCUT2D eigenvalue weighted by atomic mass is 16.5. The molecule has 28 heteroatoms. The number of fused-ring (bicyclic) bond motifs is 4. The summed E-state index contributed by atoms with van der Waals surface area (Å²) in [6, 6.07) is 55.3. The van der Waals surface area contributed by atoms with E-state index < -0.39 is 77.7 Å². The van der Waals surface area contributed by atoms with E-state index in [0.29, 0.717) is 49.1 Å². The van der Waals surface area contributed by atoms with Crippen molar-refractivity contribution in [1.82, 2.24) is 47.5 Å². The van der Waals surface area contributed by atoms with Gasteiger partial charge in [-0.3, -0.25) is 19.2 Å². The summed E-state index contributed by atoms with van der Waals surface area (Å²) < 4.78 is 23.5. The highest BCUT2D eigenvalue weighted by Crippen LogP contribution is 2.38. The summed E-state index contributed by atoms with van der Waals surface area (Å²) in [6.45, 7) is 21.5. The Hall–Kier alpha value is -13.0. The number of anilines is 1. The van der Waals surface area contributed by atoms with Gasteiger partial charge in [-0.05, 0) is 303 Å². The molecule has 4 fully saturated rings. The zero-order valence-corrected chi connectivity index (χ0v) is 81.1. The third kappa shape index (κ3) is 31.5. The number of benzene rings is 8. The van der Waals surface area contributed by atoms with Gasteiger partial charge in [0.05, 0.1) is 37.8 Å². The molecule has 0 radical (unpaired) electrons. The summed E-state index contributed by atoms with van der Waals surface area (Å²) in [5.74, 6) is 0.155. The van der Waals surface area contributed by atoms with E-state index in [0.717, 1.165) is 197 Å². The molecule has 140 heavy (non-hydrogen) atoms. The molecule has 28 nitrogen and oxygen atoms in total. The predicted octanol–water partition coefficient (Wildman–Crippen LogP) is 16.8. The van der Waals surface area contributed by atoms with Crippen LogP contribution < -0.4 is 66.8 Å². The highest BCUT2D eigenvalue weighted by Gasteiger charge is 2.36. The Labute approximate surface area is 821 Å². The Balaban J connectivity index is 0.000000157. The zero-order chi connectivity index (χ0) is 98.5. The average Bonchev–Trinajstić information content (AvgIpc) is 1.66. The van der Waals surface area contributed by atoms with Crippen LogP contribution in [0.1, 0.15) is 209 Å². The summed E-state index contributed by atoms with van der Waals surface area (Å²) in [6.07, 6.45) is 24.9. The fourth-order valence-electron chi connectivity index (χ4n) is 19.3. The second kappa shape index (κ2) is 54.0. The molecule has 7 aliphatic rings. The molecular weight excluding hydrogens is 1770 g/mol. The van der Waals surface area contributed by atoms with Crippen LogP contribution in [0.25, 0.3) is 16.5 Å². The van der Waals surface area contributed by atoms with Crippen LogP contribution in [-0.4, -0.2) is 193 Å². The first-order chi connectivity index (χ1) is 68.0. The smallest absolute Gasteiger partial charge is 0.326 e. The molecule has 4 amide bonds. The van der Waals surface area contributed by atoms with Crippen LogP contribution in [0, 0.1) is 30.6 Å². The number of piperidine rings is 4. The van der Waals surface area contributed by atoms with E-state index >= 15 is 0 Å². The number of aromatic amines is 1. The summed E-state index contributed by atoms with van der Waals surface area (Å²) in [5.41, 5.74) is 11.8. The quantitative estimate of drug-likeness (QED) is 0.0158. The summed E-state index contributed by atoms with van der Waals surface area (Å²) in [7, 11) is 0. The molecule has 14 N–H and O–H groups in total. The number of hydrogen-bond donors (Lipinski definition) is 14. The molecule has 7 aliphatic heterocycles. The number of para-hydroxylation sites is 4. The van der Waals surface area contributed by atoms with E-state index in [1.54, 1.807) is 0 Å². The van der Waals surface area contributed by atoms with Gasteiger partial charge in [0.25, 0.3) is 17.7 Å². The fraction of sp³-hybridized carbons (Fsp3) is 0.446.